The van der Waals surface area contributed by atoms with Crippen molar-refractivity contribution in [1.82, 2.24) is 14.9 Å². The fourth-order valence-electron chi connectivity index (χ4n) is 2.95. The number of imidazole rings is 1. The van der Waals surface area contributed by atoms with E-state index in [4.69, 9.17) is 9.47 Å². The van der Waals surface area contributed by atoms with Crippen LogP contribution in [0.2, 0.25) is 0 Å². The van der Waals surface area contributed by atoms with Crippen molar-refractivity contribution in [1.29, 1.82) is 0 Å². The molecule has 1 aromatic carbocycles. The molecule has 5 heteroatoms. The summed E-state index contributed by atoms with van der Waals surface area (Å²) in [5.41, 5.74) is 1.27. The average molecular weight is 329 g/mol. The second-order valence-electron chi connectivity index (χ2n) is 6.59. The van der Waals surface area contributed by atoms with Gasteiger partial charge in [0.15, 0.2) is 0 Å². The maximum absolute atomic E-state index is 5.79. The van der Waals surface area contributed by atoms with Crippen molar-refractivity contribution in [3.63, 3.8) is 0 Å². The van der Waals surface area contributed by atoms with E-state index in [1.165, 1.54) is 5.56 Å². The van der Waals surface area contributed by atoms with Gasteiger partial charge in [0.2, 0.25) is 0 Å². The first-order valence-corrected chi connectivity index (χ1v) is 8.79. The summed E-state index contributed by atoms with van der Waals surface area (Å²) >= 11 is 0. The summed E-state index contributed by atoms with van der Waals surface area (Å²) < 4.78 is 13.5. The lowest BCUT2D eigenvalue weighted by Crippen LogP contribution is -2.23. The summed E-state index contributed by atoms with van der Waals surface area (Å²) in [6.45, 7) is 6.62. The molecule has 2 atom stereocenters. The van der Waals surface area contributed by atoms with Crippen LogP contribution in [0.1, 0.15) is 25.3 Å². The highest BCUT2D eigenvalue weighted by Crippen LogP contribution is 2.16. The standard InChI is InChI=1S/C19H27N3O2/c1-16(13-22-9-8-20-15-22)11-21-12-17-4-6-18(7-5-17)24-14-19-3-2-10-23-19/h4-9,15-16,19,21H,2-3,10-14H2,1H3. The Morgan fingerprint density at radius 2 is 2.25 bits per heavy atom. The molecule has 0 radical (unpaired) electrons. The smallest absolute Gasteiger partial charge is 0.119 e. The Hall–Kier alpha value is -1.85. The Labute approximate surface area is 144 Å². The molecule has 0 bridgehead atoms. The lowest BCUT2D eigenvalue weighted by atomic mass is 10.1. The van der Waals surface area contributed by atoms with Gasteiger partial charge < -0.3 is 19.4 Å². The van der Waals surface area contributed by atoms with Gasteiger partial charge in [0, 0.05) is 32.1 Å². The number of aromatic nitrogens is 2. The molecule has 24 heavy (non-hydrogen) atoms. The van der Waals surface area contributed by atoms with E-state index in [9.17, 15) is 0 Å². The third kappa shape index (κ3) is 5.35. The molecule has 1 saturated heterocycles. The molecule has 2 heterocycles. The molecule has 2 unspecified atom stereocenters. The molecule has 1 fully saturated rings. The summed E-state index contributed by atoms with van der Waals surface area (Å²) in [4.78, 5) is 4.07. The van der Waals surface area contributed by atoms with E-state index in [1.54, 1.807) is 0 Å². The van der Waals surface area contributed by atoms with Crippen LogP contribution < -0.4 is 10.1 Å². The van der Waals surface area contributed by atoms with Crippen LogP contribution in [-0.4, -0.2) is 35.4 Å². The van der Waals surface area contributed by atoms with Gasteiger partial charge in [-0.3, -0.25) is 0 Å². The molecule has 0 aliphatic carbocycles. The van der Waals surface area contributed by atoms with Crippen molar-refractivity contribution in [2.24, 2.45) is 5.92 Å². The molecule has 3 rings (SSSR count). The molecule has 1 aliphatic rings. The first kappa shape index (κ1) is 17.0. The predicted molar refractivity (Wildman–Crippen MR) is 94.0 cm³/mol. The van der Waals surface area contributed by atoms with Gasteiger partial charge in [0.25, 0.3) is 0 Å². The molecular weight excluding hydrogens is 302 g/mol. The van der Waals surface area contributed by atoms with Crippen LogP contribution in [0, 0.1) is 5.92 Å². The van der Waals surface area contributed by atoms with Crippen LogP contribution in [0.3, 0.4) is 0 Å². The quantitative estimate of drug-likeness (QED) is 0.768. The van der Waals surface area contributed by atoms with Gasteiger partial charge in [0.05, 0.1) is 12.4 Å². The number of nitrogens with one attached hydrogen (secondary N) is 1. The Morgan fingerprint density at radius 3 is 2.96 bits per heavy atom. The third-order valence-electron chi connectivity index (χ3n) is 4.29. The summed E-state index contributed by atoms with van der Waals surface area (Å²) in [7, 11) is 0. The largest absolute Gasteiger partial charge is 0.491 e. The molecule has 1 aliphatic heterocycles. The third-order valence-corrected chi connectivity index (χ3v) is 4.29. The second-order valence-corrected chi connectivity index (χ2v) is 6.59. The minimum Gasteiger partial charge on any atom is -0.491 e. The molecule has 5 nitrogen and oxygen atoms in total. The zero-order valence-electron chi connectivity index (χ0n) is 14.4. The van der Waals surface area contributed by atoms with E-state index < -0.39 is 0 Å². The van der Waals surface area contributed by atoms with E-state index in [0.29, 0.717) is 12.5 Å². The molecule has 1 aromatic heterocycles. The van der Waals surface area contributed by atoms with Crippen molar-refractivity contribution in [3.05, 3.63) is 48.5 Å². The van der Waals surface area contributed by atoms with E-state index in [2.05, 4.69) is 33.9 Å². The highest BCUT2D eigenvalue weighted by molar-refractivity contribution is 5.27. The van der Waals surface area contributed by atoms with Gasteiger partial charge in [0.1, 0.15) is 12.4 Å². The highest BCUT2D eigenvalue weighted by atomic mass is 16.5. The monoisotopic (exact) mass is 329 g/mol. The van der Waals surface area contributed by atoms with Crippen LogP contribution in [0.15, 0.2) is 43.0 Å². The number of benzene rings is 1. The molecule has 0 saturated carbocycles. The second kappa shape index (κ2) is 8.85. The molecular formula is C19H27N3O2. The van der Waals surface area contributed by atoms with Crippen molar-refractivity contribution in [2.75, 3.05) is 19.8 Å². The van der Waals surface area contributed by atoms with Gasteiger partial charge in [-0.15, -0.1) is 0 Å². The molecule has 0 amide bonds. The average Bonchev–Trinajstić information content (AvgIpc) is 3.28. The fourth-order valence-corrected chi connectivity index (χ4v) is 2.95. The number of ether oxygens (including phenoxy) is 2. The maximum atomic E-state index is 5.79. The summed E-state index contributed by atoms with van der Waals surface area (Å²) in [5.74, 6) is 1.48. The molecule has 1 N–H and O–H groups in total. The number of nitrogens with zero attached hydrogens (tertiary/aromatic N) is 2. The summed E-state index contributed by atoms with van der Waals surface area (Å²) in [6, 6.07) is 8.33. The zero-order chi connectivity index (χ0) is 16.6. The van der Waals surface area contributed by atoms with Crippen LogP contribution in [0.25, 0.3) is 0 Å². The number of hydrogen-bond donors (Lipinski definition) is 1. The van der Waals surface area contributed by atoms with Crippen LogP contribution in [0.4, 0.5) is 0 Å². The van der Waals surface area contributed by atoms with Gasteiger partial charge in [-0.25, -0.2) is 4.98 Å². The topological polar surface area (TPSA) is 48.3 Å². The molecule has 130 valence electrons. The van der Waals surface area contributed by atoms with Gasteiger partial charge in [-0.1, -0.05) is 19.1 Å². The first-order valence-electron chi connectivity index (χ1n) is 8.79. The van der Waals surface area contributed by atoms with Crippen LogP contribution in [-0.2, 0) is 17.8 Å². The van der Waals surface area contributed by atoms with Gasteiger partial charge >= 0.3 is 0 Å². The van der Waals surface area contributed by atoms with E-state index >= 15 is 0 Å². The Morgan fingerprint density at radius 1 is 1.38 bits per heavy atom. The minimum absolute atomic E-state index is 0.267. The van der Waals surface area contributed by atoms with Crippen molar-refractivity contribution in [2.45, 2.75) is 39.0 Å². The van der Waals surface area contributed by atoms with E-state index in [-0.39, 0.29) is 6.10 Å². The Kier molecular flexibility index (Phi) is 6.26. The van der Waals surface area contributed by atoms with Crippen molar-refractivity contribution in [3.8, 4) is 5.75 Å². The molecule has 2 aromatic rings. The van der Waals surface area contributed by atoms with Gasteiger partial charge in [-0.05, 0) is 43.0 Å². The van der Waals surface area contributed by atoms with Crippen molar-refractivity contribution < 1.29 is 9.47 Å². The summed E-state index contributed by atoms with van der Waals surface area (Å²) in [6.07, 6.45) is 8.22. The minimum atomic E-state index is 0.267. The zero-order valence-corrected chi connectivity index (χ0v) is 14.4. The number of rotatable bonds is 9. The SMILES string of the molecule is CC(CNCc1ccc(OCC2CCCO2)cc1)Cn1ccnc1. The Bertz CT molecular complexity index is 577. The van der Waals surface area contributed by atoms with Gasteiger partial charge in [-0.2, -0.15) is 0 Å². The maximum Gasteiger partial charge on any atom is 0.119 e. The van der Waals surface area contributed by atoms with Crippen LogP contribution in [0.5, 0.6) is 5.75 Å². The van der Waals surface area contributed by atoms with Crippen molar-refractivity contribution >= 4 is 0 Å². The van der Waals surface area contributed by atoms with E-state index in [0.717, 1.165) is 44.8 Å². The normalized spacial score (nSPS) is 18.6. The Balaban J connectivity index is 1.34. The van der Waals surface area contributed by atoms with Crippen LogP contribution >= 0.6 is 0 Å². The molecule has 0 spiro atoms. The number of hydrogen-bond acceptors (Lipinski definition) is 4. The fraction of sp³-hybridized carbons (Fsp3) is 0.526. The lowest BCUT2D eigenvalue weighted by Gasteiger charge is -2.14. The van der Waals surface area contributed by atoms with E-state index in [1.807, 2.05) is 30.9 Å². The lowest BCUT2D eigenvalue weighted by molar-refractivity contribution is 0.0679. The first-order chi connectivity index (χ1) is 11.8. The predicted octanol–water partition coefficient (Wildman–Crippen LogP) is 2.87. The highest BCUT2D eigenvalue weighted by Gasteiger charge is 2.15. The summed E-state index contributed by atoms with van der Waals surface area (Å²) in [5, 5.41) is 3.52.